The lowest BCUT2D eigenvalue weighted by molar-refractivity contribution is 0.0997. The van der Waals surface area contributed by atoms with Crippen molar-refractivity contribution in [1.82, 2.24) is 15.1 Å². The number of anilines is 1. The van der Waals surface area contributed by atoms with Crippen LogP contribution in [0.3, 0.4) is 0 Å². The molecule has 0 fully saturated rings. The van der Waals surface area contributed by atoms with Crippen LogP contribution in [0, 0.1) is 0 Å². The van der Waals surface area contributed by atoms with E-state index < -0.39 is 5.91 Å². The molecule has 162 valence electrons. The largest absolute Gasteiger partial charge is 0.451 e. The number of nitrogens with one attached hydrogen (secondary N) is 1. The minimum atomic E-state index is -0.428. The van der Waals surface area contributed by atoms with Crippen molar-refractivity contribution in [1.29, 1.82) is 0 Å². The second kappa shape index (κ2) is 8.90. The van der Waals surface area contributed by atoms with Gasteiger partial charge in [-0.05, 0) is 54.6 Å². The molecular formula is C24H14Cl2N4O3. The van der Waals surface area contributed by atoms with Crippen molar-refractivity contribution in [2.45, 2.75) is 0 Å². The molecule has 3 aromatic heterocycles. The van der Waals surface area contributed by atoms with Crippen LogP contribution in [0.4, 0.5) is 5.69 Å². The number of halogens is 2. The third-order valence-electron chi connectivity index (χ3n) is 4.80. The molecule has 1 amide bonds. The quantitative estimate of drug-likeness (QED) is 0.306. The SMILES string of the molecule is O=C(Nc1ccccc1-c1nc(-c2ccncc2)no1)c1ccc(-c2ccc(Cl)c(Cl)c2)o1. The summed E-state index contributed by atoms with van der Waals surface area (Å²) in [5.74, 6) is 0.891. The van der Waals surface area contributed by atoms with Crippen LogP contribution in [0.25, 0.3) is 34.2 Å². The average Bonchev–Trinajstić information content (AvgIpc) is 3.52. The maximum Gasteiger partial charge on any atom is 0.291 e. The van der Waals surface area contributed by atoms with Crippen LogP contribution in [-0.4, -0.2) is 21.0 Å². The number of hydrogen-bond acceptors (Lipinski definition) is 6. The van der Waals surface area contributed by atoms with Gasteiger partial charge in [-0.3, -0.25) is 9.78 Å². The highest BCUT2D eigenvalue weighted by Gasteiger charge is 2.18. The first-order chi connectivity index (χ1) is 16.1. The van der Waals surface area contributed by atoms with Crippen molar-refractivity contribution in [3.05, 3.63) is 94.9 Å². The summed E-state index contributed by atoms with van der Waals surface area (Å²) >= 11 is 12.0. The van der Waals surface area contributed by atoms with Crippen molar-refractivity contribution >= 4 is 34.8 Å². The number of hydrogen-bond donors (Lipinski definition) is 1. The first-order valence-electron chi connectivity index (χ1n) is 9.78. The molecule has 33 heavy (non-hydrogen) atoms. The van der Waals surface area contributed by atoms with E-state index >= 15 is 0 Å². The van der Waals surface area contributed by atoms with Crippen LogP contribution >= 0.6 is 23.2 Å². The van der Waals surface area contributed by atoms with Crippen LogP contribution in [-0.2, 0) is 0 Å². The van der Waals surface area contributed by atoms with Crippen LogP contribution in [0.1, 0.15) is 10.6 Å². The molecule has 5 aromatic rings. The molecule has 3 heterocycles. The standard InChI is InChI=1S/C24H14Cl2N4O3/c25-17-6-5-15(13-18(17)26)20-7-8-21(32-20)23(31)28-19-4-2-1-3-16(19)24-29-22(30-33-24)14-9-11-27-12-10-14/h1-13H,(H,28,31). The molecule has 2 aromatic carbocycles. The first-order valence-corrected chi connectivity index (χ1v) is 10.5. The highest BCUT2D eigenvalue weighted by Crippen LogP contribution is 2.31. The predicted octanol–water partition coefficient (Wildman–Crippen LogP) is 6.62. The Kier molecular flexibility index (Phi) is 5.64. The normalized spacial score (nSPS) is 10.8. The number of amides is 1. The summed E-state index contributed by atoms with van der Waals surface area (Å²) in [6.45, 7) is 0. The molecule has 0 spiro atoms. The van der Waals surface area contributed by atoms with Gasteiger partial charge in [0.05, 0.1) is 21.3 Å². The Bertz CT molecular complexity index is 1450. The molecule has 0 unspecified atom stereocenters. The minimum absolute atomic E-state index is 0.133. The van der Waals surface area contributed by atoms with E-state index in [2.05, 4.69) is 20.4 Å². The van der Waals surface area contributed by atoms with Crippen LogP contribution in [0.15, 0.2) is 88.1 Å². The summed E-state index contributed by atoms with van der Waals surface area (Å²) < 4.78 is 11.2. The molecule has 0 saturated heterocycles. The van der Waals surface area contributed by atoms with E-state index in [1.807, 2.05) is 6.07 Å². The van der Waals surface area contributed by atoms with E-state index in [1.165, 1.54) is 0 Å². The van der Waals surface area contributed by atoms with E-state index in [-0.39, 0.29) is 11.7 Å². The highest BCUT2D eigenvalue weighted by molar-refractivity contribution is 6.42. The van der Waals surface area contributed by atoms with E-state index in [4.69, 9.17) is 32.1 Å². The third kappa shape index (κ3) is 4.37. The fourth-order valence-electron chi connectivity index (χ4n) is 3.18. The number of aromatic nitrogens is 3. The minimum Gasteiger partial charge on any atom is -0.451 e. The summed E-state index contributed by atoms with van der Waals surface area (Å²) in [4.78, 5) is 21.3. The third-order valence-corrected chi connectivity index (χ3v) is 5.54. The molecule has 0 saturated carbocycles. The highest BCUT2D eigenvalue weighted by atomic mass is 35.5. The molecule has 1 N–H and O–H groups in total. The number of benzene rings is 2. The smallest absolute Gasteiger partial charge is 0.291 e. The van der Waals surface area contributed by atoms with Gasteiger partial charge < -0.3 is 14.3 Å². The van der Waals surface area contributed by atoms with Crippen molar-refractivity contribution in [3.63, 3.8) is 0 Å². The zero-order chi connectivity index (χ0) is 22.8. The van der Waals surface area contributed by atoms with E-state index in [1.54, 1.807) is 73.1 Å². The number of carbonyl (C=O) groups excluding carboxylic acids is 1. The zero-order valence-corrected chi connectivity index (χ0v) is 18.3. The van der Waals surface area contributed by atoms with Crippen molar-refractivity contribution in [3.8, 4) is 34.2 Å². The van der Waals surface area contributed by atoms with Gasteiger partial charge in [-0.25, -0.2) is 0 Å². The predicted molar refractivity (Wildman–Crippen MR) is 125 cm³/mol. The summed E-state index contributed by atoms with van der Waals surface area (Å²) in [7, 11) is 0. The maximum absolute atomic E-state index is 12.9. The van der Waals surface area contributed by atoms with Gasteiger partial charge in [0.25, 0.3) is 11.8 Å². The van der Waals surface area contributed by atoms with Gasteiger partial charge in [0.1, 0.15) is 5.76 Å². The van der Waals surface area contributed by atoms with Crippen molar-refractivity contribution in [2.24, 2.45) is 0 Å². The average molecular weight is 477 g/mol. The summed E-state index contributed by atoms with van der Waals surface area (Å²) in [6.07, 6.45) is 3.30. The molecule has 0 radical (unpaired) electrons. The molecule has 0 aliphatic heterocycles. The summed E-state index contributed by atoms with van der Waals surface area (Å²) in [5.41, 5.74) is 2.56. The van der Waals surface area contributed by atoms with Gasteiger partial charge in [-0.15, -0.1) is 0 Å². The molecule has 7 nitrogen and oxygen atoms in total. The number of para-hydroxylation sites is 1. The first kappa shape index (κ1) is 20.9. The number of furan rings is 1. The van der Waals surface area contributed by atoms with Crippen LogP contribution in [0.2, 0.25) is 10.0 Å². The van der Waals surface area contributed by atoms with Gasteiger partial charge in [-0.1, -0.05) is 40.5 Å². The van der Waals surface area contributed by atoms with Gasteiger partial charge in [-0.2, -0.15) is 4.98 Å². The van der Waals surface area contributed by atoms with E-state index in [0.29, 0.717) is 38.4 Å². The Morgan fingerprint density at radius 3 is 2.52 bits per heavy atom. The van der Waals surface area contributed by atoms with E-state index in [9.17, 15) is 4.79 Å². The van der Waals surface area contributed by atoms with Crippen molar-refractivity contribution in [2.75, 3.05) is 5.32 Å². The Morgan fingerprint density at radius 1 is 0.879 bits per heavy atom. The Balaban J connectivity index is 1.39. The molecule has 0 aliphatic carbocycles. The number of pyridine rings is 1. The Morgan fingerprint density at radius 2 is 1.70 bits per heavy atom. The van der Waals surface area contributed by atoms with Gasteiger partial charge in [0.15, 0.2) is 5.76 Å². The second-order valence-corrected chi connectivity index (χ2v) is 7.77. The lowest BCUT2D eigenvalue weighted by Crippen LogP contribution is -2.11. The fraction of sp³-hybridized carbons (Fsp3) is 0. The monoisotopic (exact) mass is 476 g/mol. The molecule has 0 aliphatic rings. The van der Waals surface area contributed by atoms with Crippen LogP contribution in [0.5, 0.6) is 0 Å². The Labute approximate surface area is 198 Å². The van der Waals surface area contributed by atoms with Gasteiger partial charge in [0, 0.05) is 23.5 Å². The second-order valence-electron chi connectivity index (χ2n) is 6.95. The number of carbonyl (C=O) groups is 1. The van der Waals surface area contributed by atoms with E-state index in [0.717, 1.165) is 5.56 Å². The van der Waals surface area contributed by atoms with Gasteiger partial charge >= 0.3 is 0 Å². The summed E-state index contributed by atoms with van der Waals surface area (Å²) in [5, 5.41) is 7.71. The summed E-state index contributed by atoms with van der Waals surface area (Å²) in [6, 6.07) is 19.1. The number of nitrogens with zero attached hydrogens (tertiary/aromatic N) is 3. The molecule has 0 atom stereocenters. The topological polar surface area (TPSA) is 94.1 Å². The van der Waals surface area contributed by atoms with Crippen molar-refractivity contribution < 1.29 is 13.7 Å². The molecular weight excluding hydrogens is 463 g/mol. The zero-order valence-electron chi connectivity index (χ0n) is 16.8. The molecule has 5 rings (SSSR count). The fourth-order valence-corrected chi connectivity index (χ4v) is 3.48. The van der Waals surface area contributed by atoms with Gasteiger partial charge in [0.2, 0.25) is 5.82 Å². The van der Waals surface area contributed by atoms with Crippen LogP contribution < -0.4 is 5.32 Å². The lowest BCUT2D eigenvalue weighted by atomic mass is 10.1. The Hall–Kier alpha value is -3.94. The molecule has 0 bridgehead atoms. The lowest BCUT2D eigenvalue weighted by Gasteiger charge is -2.07. The molecule has 9 heteroatoms. The maximum atomic E-state index is 12.9. The number of rotatable bonds is 5.